The van der Waals surface area contributed by atoms with Crippen molar-refractivity contribution in [3.63, 3.8) is 0 Å². The molecule has 0 aliphatic rings. The number of ether oxygens (including phenoxy) is 1. The first kappa shape index (κ1) is 15.8. The van der Waals surface area contributed by atoms with Crippen LogP contribution in [-0.2, 0) is 0 Å². The highest BCUT2D eigenvalue weighted by molar-refractivity contribution is 6.30. The fourth-order valence-corrected chi connectivity index (χ4v) is 2.18. The molecule has 2 rings (SSSR count). The summed E-state index contributed by atoms with van der Waals surface area (Å²) < 4.78 is 6.05. The molecule has 0 saturated carbocycles. The number of halogens is 1. The third kappa shape index (κ3) is 5.37. The van der Waals surface area contributed by atoms with Gasteiger partial charge in [0.05, 0.1) is 11.2 Å². The second kappa shape index (κ2) is 8.01. The van der Waals surface area contributed by atoms with Gasteiger partial charge in [-0.3, -0.25) is 4.98 Å². The van der Waals surface area contributed by atoms with Gasteiger partial charge in [-0.15, -0.1) is 0 Å². The zero-order valence-corrected chi connectivity index (χ0v) is 13.2. The maximum Gasteiger partial charge on any atom is 0.140 e. The molecule has 0 aliphatic carbocycles. The highest BCUT2D eigenvalue weighted by atomic mass is 35.5. The molecule has 0 saturated heterocycles. The molecule has 0 radical (unpaired) electrons. The van der Waals surface area contributed by atoms with Gasteiger partial charge in [0.15, 0.2) is 0 Å². The lowest BCUT2D eigenvalue weighted by Crippen LogP contribution is -2.28. The molecule has 0 fully saturated rings. The van der Waals surface area contributed by atoms with E-state index in [1.807, 2.05) is 18.2 Å². The van der Waals surface area contributed by atoms with Crippen molar-refractivity contribution in [1.29, 1.82) is 0 Å². The van der Waals surface area contributed by atoms with Crippen LogP contribution in [0.4, 0.5) is 0 Å². The van der Waals surface area contributed by atoms with Crippen LogP contribution in [0.5, 0.6) is 5.75 Å². The van der Waals surface area contributed by atoms with Gasteiger partial charge >= 0.3 is 0 Å². The van der Waals surface area contributed by atoms with Gasteiger partial charge in [-0.25, -0.2) is 0 Å². The third-order valence-electron chi connectivity index (χ3n) is 3.01. The molecule has 21 heavy (non-hydrogen) atoms. The van der Waals surface area contributed by atoms with Crippen molar-refractivity contribution in [3.05, 3.63) is 59.4 Å². The van der Waals surface area contributed by atoms with Crippen LogP contribution in [0.3, 0.4) is 0 Å². The summed E-state index contributed by atoms with van der Waals surface area (Å²) in [5.74, 6) is 1.29. The molecule has 112 valence electrons. The van der Waals surface area contributed by atoms with E-state index in [0.717, 1.165) is 18.7 Å². The summed E-state index contributed by atoms with van der Waals surface area (Å²) in [4.78, 5) is 4.06. The summed E-state index contributed by atoms with van der Waals surface area (Å²) in [6.07, 6.45) is 3.22. The van der Waals surface area contributed by atoms with E-state index in [1.54, 1.807) is 18.5 Å². The maximum atomic E-state index is 6.05. The summed E-state index contributed by atoms with van der Waals surface area (Å²) in [6.45, 7) is 6.08. The first-order valence-electron chi connectivity index (χ1n) is 7.18. The average Bonchev–Trinajstić information content (AvgIpc) is 2.47. The Labute approximate surface area is 131 Å². The van der Waals surface area contributed by atoms with Gasteiger partial charge in [-0.05, 0) is 18.0 Å². The van der Waals surface area contributed by atoms with Gasteiger partial charge in [0.2, 0.25) is 0 Å². The molecule has 1 atom stereocenters. The van der Waals surface area contributed by atoms with Gasteiger partial charge < -0.3 is 10.1 Å². The SMILES string of the molecule is CC(C)CNCC(Oc1cncc(Cl)c1)c1ccccc1. The van der Waals surface area contributed by atoms with Crippen LogP contribution < -0.4 is 10.1 Å². The molecule has 1 aromatic carbocycles. The summed E-state index contributed by atoms with van der Waals surface area (Å²) in [5, 5.41) is 4.02. The topological polar surface area (TPSA) is 34.1 Å². The van der Waals surface area contributed by atoms with Crippen LogP contribution in [0.25, 0.3) is 0 Å². The van der Waals surface area contributed by atoms with E-state index in [2.05, 4.69) is 36.3 Å². The largest absolute Gasteiger partial charge is 0.483 e. The molecule has 1 heterocycles. The molecule has 0 bridgehead atoms. The van der Waals surface area contributed by atoms with E-state index in [0.29, 0.717) is 16.7 Å². The second-order valence-electron chi connectivity index (χ2n) is 5.41. The first-order chi connectivity index (χ1) is 10.1. The smallest absolute Gasteiger partial charge is 0.140 e. The highest BCUT2D eigenvalue weighted by Gasteiger charge is 2.13. The molecule has 4 heteroatoms. The maximum absolute atomic E-state index is 6.05. The van der Waals surface area contributed by atoms with Gasteiger partial charge in [-0.2, -0.15) is 0 Å². The fourth-order valence-electron chi connectivity index (χ4n) is 2.02. The Balaban J connectivity index is 2.08. The molecule has 2 aromatic rings. The van der Waals surface area contributed by atoms with E-state index in [9.17, 15) is 0 Å². The minimum atomic E-state index is -0.0646. The van der Waals surface area contributed by atoms with Crippen molar-refractivity contribution in [1.82, 2.24) is 10.3 Å². The lowest BCUT2D eigenvalue weighted by atomic mass is 10.1. The van der Waals surface area contributed by atoms with Crippen LogP contribution in [0.2, 0.25) is 5.02 Å². The minimum absolute atomic E-state index is 0.0646. The lowest BCUT2D eigenvalue weighted by molar-refractivity contribution is 0.199. The molecule has 0 spiro atoms. The quantitative estimate of drug-likeness (QED) is 0.836. The van der Waals surface area contributed by atoms with Gasteiger partial charge in [0.25, 0.3) is 0 Å². The number of nitrogens with one attached hydrogen (secondary N) is 1. The summed E-state index contributed by atoms with van der Waals surface area (Å²) >= 11 is 5.96. The standard InChI is InChI=1S/C17H21ClN2O/c1-13(2)9-19-12-17(14-6-4-3-5-7-14)21-16-8-15(18)10-20-11-16/h3-8,10-11,13,17,19H,9,12H2,1-2H3. The summed E-state index contributed by atoms with van der Waals surface area (Å²) in [5.41, 5.74) is 1.13. The molecule has 1 N–H and O–H groups in total. The lowest BCUT2D eigenvalue weighted by Gasteiger charge is -2.20. The van der Waals surface area contributed by atoms with E-state index in [4.69, 9.17) is 16.3 Å². The molecule has 3 nitrogen and oxygen atoms in total. The normalized spacial score (nSPS) is 12.4. The van der Waals surface area contributed by atoms with Crippen molar-refractivity contribution in [2.45, 2.75) is 20.0 Å². The van der Waals surface area contributed by atoms with E-state index in [1.165, 1.54) is 0 Å². The van der Waals surface area contributed by atoms with E-state index < -0.39 is 0 Å². The number of nitrogens with zero attached hydrogens (tertiary/aromatic N) is 1. The Hall–Kier alpha value is -1.58. The van der Waals surface area contributed by atoms with Crippen LogP contribution >= 0.6 is 11.6 Å². The van der Waals surface area contributed by atoms with E-state index >= 15 is 0 Å². The van der Waals surface area contributed by atoms with Crippen molar-refractivity contribution < 1.29 is 4.74 Å². The second-order valence-corrected chi connectivity index (χ2v) is 5.84. The van der Waals surface area contributed by atoms with Crippen LogP contribution in [0, 0.1) is 5.92 Å². The molecular weight excluding hydrogens is 284 g/mol. The Kier molecular flexibility index (Phi) is 6.03. The van der Waals surface area contributed by atoms with Gasteiger partial charge in [-0.1, -0.05) is 55.8 Å². The fraction of sp³-hybridized carbons (Fsp3) is 0.353. The summed E-state index contributed by atoms with van der Waals surface area (Å²) in [6, 6.07) is 12.0. The predicted molar refractivity (Wildman–Crippen MR) is 86.8 cm³/mol. The third-order valence-corrected chi connectivity index (χ3v) is 3.22. The van der Waals surface area contributed by atoms with Crippen molar-refractivity contribution in [3.8, 4) is 5.75 Å². The predicted octanol–water partition coefficient (Wildman–Crippen LogP) is 4.10. The minimum Gasteiger partial charge on any atom is -0.483 e. The average molecular weight is 305 g/mol. The number of pyridine rings is 1. The van der Waals surface area contributed by atoms with Gasteiger partial charge in [0.1, 0.15) is 11.9 Å². The van der Waals surface area contributed by atoms with Crippen LogP contribution in [0.1, 0.15) is 25.5 Å². The molecule has 1 unspecified atom stereocenters. The number of hydrogen-bond donors (Lipinski definition) is 1. The van der Waals surface area contributed by atoms with Crippen molar-refractivity contribution in [2.75, 3.05) is 13.1 Å². The Bertz CT molecular complexity index is 545. The molecule has 1 aromatic heterocycles. The highest BCUT2D eigenvalue weighted by Crippen LogP contribution is 2.23. The number of rotatable bonds is 7. The number of aromatic nitrogens is 1. The summed E-state index contributed by atoms with van der Waals surface area (Å²) in [7, 11) is 0. The van der Waals surface area contributed by atoms with Gasteiger partial charge in [0, 0.05) is 18.8 Å². The molecular formula is C17H21ClN2O. The Morgan fingerprint density at radius 3 is 2.57 bits per heavy atom. The Morgan fingerprint density at radius 2 is 1.90 bits per heavy atom. The zero-order chi connectivity index (χ0) is 15.1. The van der Waals surface area contributed by atoms with Crippen molar-refractivity contribution in [2.24, 2.45) is 5.92 Å². The van der Waals surface area contributed by atoms with Crippen molar-refractivity contribution >= 4 is 11.6 Å². The molecule has 0 amide bonds. The number of hydrogen-bond acceptors (Lipinski definition) is 3. The first-order valence-corrected chi connectivity index (χ1v) is 7.56. The molecule has 0 aliphatic heterocycles. The number of benzene rings is 1. The van der Waals surface area contributed by atoms with Crippen LogP contribution in [0.15, 0.2) is 48.8 Å². The monoisotopic (exact) mass is 304 g/mol. The van der Waals surface area contributed by atoms with Crippen LogP contribution in [-0.4, -0.2) is 18.1 Å². The zero-order valence-electron chi connectivity index (χ0n) is 12.4. The van der Waals surface area contributed by atoms with E-state index in [-0.39, 0.29) is 6.10 Å². The Morgan fingerprint density at radius 1 is 1.14 bits per heavy atom.